The van der Waals surface area contributed by atoms with Crippen LogP contribution in [0.25, 0.3) is 11.0 Å². The first kappa shape index (κ1) is 16.7. The number of fused-ring (bicyclic) bond motifs is 1. The van der Waals surface area contributed by atoms with Crippen LogP contribution in [-0.4, -0.2) is 39.6 Å². The number of carbonyl (C=O) groups is 1. The van der Waals surface area contributed by atoms with E-state index in [9.17, 15) is 9.59 Å². The van der Waals surface area contributed by atoms with Crippen molar-refractivity contribution in [3.05, 3.63) is 28.2 Å². The lowest BCUT2D eigenvalue weighted by Gasteiger charge is -2.38. The molecule has 1 amide bonds. The molecule has 7 nitrogen and oxygen atoms in total. The summed E-state index contributed by atoms with van der Waals surface area (Å²) in [6.07, 6.45) is 8.43. The molecule has 3 fully saturated rings. The molecule has 0 radical (unpaired) electrons. The first-order valence-corrected chi connectivity index (χ1v) is 10.0. The molecule has 1 saturated heterocycles. The van der Waals surface area contributed by atoms with Gasteiger partial charge in [0, 0.05) is 42.8 Å². The van der Waals surface area contributed by atoms with Crippen LogP contribution < -0.4 is 15.8 Å². The molecule has 2 aromatic heterocycles. The maximum absolute atomic E-state index is 12.7. The summed E-state index contributed by atoms with van der Waals surface area (Å²) in [6, 6.07) is 2.33. The summed E-state index contributed by atoms with van der Waals surface area (Å²) in [7, 11) is 0. The molecule has 5 rings (SSSR count). The molecule has 0 aromatic carbocycles. The number of nitrogens with one attached hydrogen (secondary N) is 1. The second-order valence-electron chi connectivity index (χ2n) is 8.27. The fourth-order valence-electron chi connectivity index (χ4n) is 4.28. The van der Waals surface area contributed by atoms with E-state index in [4.69, 9.17) is 4.98 Å². The molecule has 1 N–H and O–H groups in total. The Morgan fingerprint density at radius 1 is 1.19 bits per heavy atom. The number of anilines is 1. The molecule has 0 bridgehead atoms. The summed E-state index contributed by atoms with van der Waals surface area (Å²) in [6.45, 7) is 3.22. The normalized spacial score (nSPS) is 20.9. The van der Waals surface area contributed by atoms with E-state index < -0.39 is 0 Å². The predicted molar refractivity (Wildman–Crippen MR) is 103 cm³/mol. The average molecular weight is 367 g/mol. The van der Waals surface area contributed by atoms with Gasteiger partial charge in [-0.2, -0.15) is 4.98 Å². The van der Waals surface area contributed by atoms with Gasteiger partial charge in [-0.3, -0.25) is 14.2 Å². The lowest BCUT2D eigenvalue weighted by Crippen LogP contribution is -2.54. The Bertz CT molecular complexity index is 953. The Balaban J connectivity index is 1.43. The van der Waals surface area contributed by atoms with E-state index >= 15 is 0 Å². The Kier molecular flexibility index (Phi) is 3.91. The van der Waals surface area contributed by atoms with Crippen LogP contribution in [0.5, 0.6) is 0 Å². The van der Waals surface area contributed by atoms with Crippen molar-refractivity contribution in [1.29, 1.82) is 0 Å². The van der Waals surface area contributed by atoms with E-state index in [1.807, 2.05) is 22.6 Å². The average Bonchev–Trinajstić information content (AvgIpc) is 3.24. The van der Waals surface area contributed by atoms with Crippen molar-refractivity contribution >= 4 is 22.9 Å². The van der Waals surface area contributed by atoms with Gasteiger partial charge in [-0.25, -0.2) is 4.98 Å². The Morgan fingerprint density at radius 3 is 2.63 bits per heavy atom. The quantitative estimate of drug-likeness (QED) is 0.893. The van der Waals surface area contributed by atoms with Crippen molar-refractivity contribution in [2.75, 3.05) is 18.0 Å². The minimum atomic E-state index is 0.0134. The standard InChI is InChI=1S/C20H25N5O2/c1-12-8-17(26)25(15-4-2-3-5-15)18-16(12)9-21-20(23-18)24-10-13(11-24)19(27)22-14-6-7-14/h8-9,13-15H,2-7,10-11H2,1H3,(H,22,27). The van der Waals surface area contributed by atoms with Gasteiger partial charge in [-0.1, -0.05) is 12.8 Å². The fourth-order valence-corrected chi connectivity index (χ4v) is 4.28. The van der Waals surface area contributed by atoms with Gasteiger partial charge in [0.25, 0.3) is 5.56 Å². The van der Waals surface area contributed by atoms with E-state index in [1.165, 1.54) is 0 Å². The largest absolute Gasteiger partial charge is 0.353 e. The molecule has 2 aliphatic carbocycles. The number of aromatic nitrogens is 3. The third-order valence-corrected chi connectivity index (χ3v) is 6.14. The van der Waals surface area contributed by atoms with Gasteiger partial charge in [0.2, 0.25) is 11.9 Å². The molecule has 0 atom stereocenters. The monoisotopic (exact) mass is 367 g/mol. The number of hydrogen-bond donors (Lipinski definition) is 1. The van der Waals surface area contributed by atoms with Crippen LogP contribution in [-0.2, 0) is 4.79 Å². The van der Waals surface area contributed by atoms with Gasteiger partial charge in [-0.15, -0.1) is 0 Å². The summed E-state index contributed by atoms with van der Waals surface area (Å²) >= 11 is 0. The molecule has 2 aromatic rings. The summed E-state index contributed by atoms with van der Waals surface area (Å²) in [4.78, 5) is 36.2. The molecule has 27 heavy (non-hydrogen) atoms. The van der Waals surface area contributed by atoms with Crippen LogP contribution in [0.15, 0.2) is 17.1 Å². The molecule has 1 aliphatic heterocycles. The predicted octanol–water partition coefficient (Wildman–Crippen LogP) is 1.93. The van der Waals surface area contributed by atoms with Crippen molar-refractivity contribution in [1.82, 2.24) is 19.9 Å². The molecular weight excluding hydrogens is 342 g/mol. The highest BCUT2D eigenvalue weighted by Crippen LogP contribution is 2.32. The molecule has 0 unspecified atom stereocenters. The molecular formula is C20H25N5O2. The third-order valence-electron chi connectivity index (χ3n) is 6.14. The van der Waals surface area contributed by atoms with Crippen molar-refractivity contribution in [2.45, 2.75) is 57.5 Å². The van der Waals surface area contributed by atoms with Gasteiger partial charge in [-0.05, 0) is 38.2 Å². The lowest BCUT2D eigenvalue weighted by molar-refractivity contribution is -0.125. The second-order valence-corrected chi connectivity index (χ2v) is 8.27. The van der Waals surface area contributed by atoms with Gasteiger partial charge in [0.15, 0.2) is 0 Å². The number of amides is 1. The maximum Gasteiger partial charge on any atom is 0.252 e. The van der Waals surface area contributed by atoms with E-state index in [1.54, 1.807) is 6.07 Å². The van der Waals surface area contributed by atoms with Gasteiger partial charge >= 0.3 is 0 Å². The summed E-state index contributed by atoms with van der Waals surface area (Å²) in [5.41, 5.74) is 1.69. The summed E-state index contributed by atoms with van der Waals surface area (Å²) in [5.74, 6) is 0.780. The number of pyridine rings is 1. The van der Waals surface area contributed by atoms with Crippen LogP contribution in [0.1, 0.15) is 50.1 Å². The van der Waals surface area contributed by atoms with Crippen molar-refractivity contribution in [2.24, 2.45) is 5.92 Å². The Hall–Kier alpha value is -2.44. The summed E-state index contributed by atoms with van der Waals surface area (Å²) < 4.78 is 1.87. The van der Waals surface area contributed by atoms with E-state index in [0.717, 1.165) is 55.1 Å². The number of aryl methyl sites for hydroxylation is 1. The van der Waals surface area contributed by atoms with Gasteiger partial charge < -0.3 is 10.2 Å². The van der Waals surface area contributed by atoms with Crippen LogP contribution >= 0.6 is 0 Å². The van der Waals surface area contributed by atoms with Crippen LogP contribution in [0, 0.1) is 12.8 Å². The number of hydrogen-bond acceptors (Lipinski definition) is 5. The second kappa shape index (κ2) is 6.32. The molecule has 142 valence electrons. The maximum atomic E-state index is 12.7. The molecule has 0 spiro atoms. The van der Waals surface area contributed by atoms with Gasteiger partial charge in [0.05, 0.1) is 5.92 Å². The minimum absolute atomic E-state index is 0.0134. The van der Waals surface area contributed by atoms with Crippen molar-refractivity contribution < 1.29 is 4.79 Å². The lowest BCUT2D eigenvalue weighted by atomic mass is 10.00. The topological polar surface area (TPSA) is 80.1 Å². The number of carbonyl (C=O) groups excluding carboxylic acids is 1. The minimum Gasteiger partial charge on any atom is -0.353 e. The first-order chi connectivity index (χ1) is 13.1. The molecule has 2 saturated carbocycles. The zero-order chi connectivity index (χ0) is 18.5. The zero-order valence-electron chi connectivity index (χ0n) is 15.6. The first-order valence-electron chi connectivity index (χ1n) is 10.0. The van der Waals surface area contributed by atoms with Crippen LogP contribution in [0.3, 0.4) is 0 Å². The van der Waals surface area contributed by atoms with Crippen LogP contribution in [0.4, 0.5) is 5.95 Å². The molecule has 3 heterocycles. The zero-order valence-corrected chi connectivity index (χ0v) is 15.6. The highest BCUT2D eigenvalue weighted by Gasteiger charge is 2.36. The summed E-state index contributed by atoms with van der Waals surface area (Å²) in [5, 5.41) is 4.01. The number of rotatable bonds is 4. The molecule has 7 heteroatoms. The van der Waals surface area contributed by atoms with Crippen molar-refractivity contribution in [3.63, 3.8) is 0 Å². The van der Waals surface area contributed by atoms with Crippen LogP contribution in [0.2, 0.25) is 0 Å². The van der Waals surface area contributed by atoms with E-state index in [2.05, 4.69) is 10.3 Å². The third kappa shape index (κ3) is 2.99. The molecule has 3 aliphatic rings. The Labute approximate surface area is 157 Å². The number of nitrogens with zero attached hydrogens (tertiary/aromatic N) is 4. The Morgan fingerprint density at radius 2 is 1.93 bits per heavy atom. The van der Waals surface area contributed by atoms with Crippen molar-refractivity contribution in [3.8, 4) is 0 Å². The van der Waals surface area contributed by atoms with Gasteiger partial charge in [0.1, 0.15) is 5.65 Å². The highest BCUT2D eigenvalue weighted by atomic mass is 16.2. The smallest absolute Gasteiger partial charge is 0.252 e. The highest BCUT2D eigenvalue weighted by molar-refractivity contribution is 5.83. The fraction of sp³-hybridized carbons (Fsp3) is 0.600. The SMILES string of the molecule is Cc1cc(=O)n(C2CCCC2)c2nc(N3CC(C(=O)NC4CC4)C3)ncc12. The van der Waals surface area contributed by atoms with E-state index in [0.29, 0.717) is 25.1 Å². The van der Waals surface area contributed by atoms with E-state index in [-0.39, 0.29) is 23.4 Å².